The van der Waals surface area contributed by atoms with Crippen LogP contribution in [0.15, 0.2) is 34.1 Å². The topological polar surface area (TPSA) is 74.8 Å². The van der Waals surface area contributed by atoms with Gasteiger partial charge in [-0.15, -0.1) is 0 Å². The Balaban J connectivity index is 1.70. The molecule has 2 aliphatic heterocycles. The standard InChI is InChI=1S/C17H26N2O4S2/c1-2-24(20,21)16-5-7-17(8-6-16)25(22,23)19-13-9-15(10-14-19)18-11-3-4-12-18/h5-8,15H,2-4,9-14H2,1H3. The lowest BCUT2D eigenvalue weighted by Crippen LogP contribution is -2.45. The van der Waals surface area contributed by atoms with Crippen LogP contribution in [0.5, 0.6) is 0 Å². The molecule has 25 heavy (non-hydrogen) atoms. The van der Waals surface area contributed by atoms with Crippen LogP contribution in [0.2, 0.25) is 0 Å². The largest absolute Gasteiger partial charge is 0.300 e. The third kappa shape index (κ3) is 3.92. The molecule has 2 heterocycles. The van der Waals surface area contributed by atoms with Crippen LogP contribution in [0.25, 0.3) is 0 Å². The lowest BCUT2D eigenvalue weighted by molar-refractivity contribution is 0.168. The molecule has 1 aromatic rings. The van der Waals surface area contributed by atoms with Crippen LogP contribution in [0.3, 0.4) is 0 Å². The minimum Gasteiger partial charge on any atom is -0.300 e. The van der Waals surface area contributed by atoms with Crippen molar-refractivity contribution in [2.45, 2.75) is 48.4 Å². The second kappa shape index (κ2) is 7.34. The van der Waals surface area contributed by atoms with Crippen LogP contribution >= 0.6 is 0 Å². The number of piperidine rings is 1. The molecule has 0 saturated carbocycles. The molecule has 6 nitrogen and oxygen atoms in total. The number of likely N-dealkylation sites (tertiary alicyclic amines) is 1. The zero-order valence-corrected chi connectivity index (χ0v) is 16.2. The smallest absolute Gasteiger partial charge is 0.243 e. The maximum absolute atomic E-state index is 12.8. The molecule has 3 rings (SSSR count). The summed E-state index contributed by atoms with van der Waals surface area (Å²) < 4.78 is 50.9. The van der Waals surface area contributed by atoms with Gasteiger partial charge in [0.25, 0.3) is 0 Å². The zero-order valence-electron chi connectivity index (χ0n) is 14.6. The van der Waals surface area contributed by atoms with Gasteiger partial charge in [0.1, 0.15) is 0 Å². The predicted octanol–water partition coefficient (Wildman–Crippen LogP) is 1.73. The SMILES string of the molecule is CCS(=O)(=O)c1ccc(S(=O)(=O)N2CCC(N3CCCC3)CC2)cc1. The first kappa shape index (κ1) is 18.8. The second-order valence-electron chi connectivity index (χ2n) is 6.75. The quantitative estimate of drug-likeness (QED) is 0.770. The summed E-state index contributed by atoms with van der Waals surface area (Å²) >= 11 is 0. The lowest BCUT2D eigenvalue weighted by Gasteiger charge is -2.36. The monoisotopic (exact) mass is 386 g/mol. The van der Waals surface area contributed by atoms with Crippen LogP contribution in [0.4, 0.5) is 0 Å². The van der Waals surface area contributed by atoms with Gasteiger partial charge in [-0.3, -0.25) is 0 Å². The van der Waals surface area contributed by atoms with Crippen molar-refractivity contribution in [2.24, 2.45) is 0 Å². The summed E-state index contributed by atoms with van der Waals surface area (Å²) in [4.78, 5) is 2.82. The van der Waals surface area contributed by atoms with E-state index in [0.29, 0.717) is 19.1 Å². The fraction of sp³-hybridized carbons (Fsp3) is 0.647. The first-order valence-electron chi connectivity index (χ1n) is 8.91. The summed E-state index contributed by atoms with van der Waals surface area (Å²) in [5.41, 5.74) is 0. The molecule has 140 valence electrons. The van der Waals surface area contributed by atoms with Crippen molar-refractivity contribution in [1.82, 2.24) is 9.21 Å². The molecule has 2 saturated heterocycles. The van der Waals surface area contributed by atoms with Gasteiger partial charge < -0.3 is 4.90 Å². The van der Waals surface area contributed by atoms with E-state index < -0.39 is 19.9 Å². The van der Waals surface area contributed by atoms with Gasteiger partial charge in [0, 0.05) is 19.1 Å². The second-order valence-corrected chi connectivity index (χ2v) is 11.0. The van der Waals surface area contributed by atoms with Crippen molar-refractivity contribution in [2.75, 3.05) is 31.9 Å². The molecule has 0 radical (unpaired) electrons. The fourth-order valence-corrected chi connectivity index (χ4v) is 6.04. The molecule has 0 N–H and O–H groups in total. The van der Waals surface area contributed by atoms with E-state index in [-0.39, 0.29) is 15.5 Å². The highest BCUT2D eigenvalue weighted by molar-refractivity contribution is 7.91. The average molecular weight is 387 g/mol. The molecule has 0 amide bonds. The Kier molecular flexibility index (Phi) is 5.53. The predicted molar refractivity (Wildman–Crippen MR) is 96.8 cm³/mol. The van der Waals surface area contributed by atoms with Gasteiger partial charge in [0.05, 0.1) is 15.5 Å². The summed E-state index contributed by atoms with van der Waals surface area (Å²) in [6.07, 6.45) is 4.21. The van der Waals surface area contributed by atoms with Crippen LogP contribution in [0.1, 0.15) is 32.6 Å². The molecule has 0 spiro atoms. The fourth-order valence-electron chi connectivity index (χ4n) is 3.69. The maximum atomic E-state index is 12.8. The van der Waals surface area contributed by atoms with Gasteiger partial charge in [-0.05, 0) is 63.0 Å². The van der Waals surface area contributed by atoms with E-state index in [1.807, 2.05) is 0 Å². The molecule has 2 aliphatic rings. The number of sulfonamides is 1. The Morgan fingerprint density at radius 2 is 1.40 bits per heavy atom. The van der Waals surface area contributed by atoms with Crippen molar-refractivity contribution in [3.63, 3.8) is 0 Å². The lowest BCUT2D eigenvalue weighted by atomic mass is 10.1. The van der Waals surface area contributed by atoms with Crippen molar-refractivity contribution in [3.8, 4) is 0 Å². The molecule has 2 fully saturated rings. The third-order valence-corrected chi connectivity index (χ3v) is 8.94. The molecule has 1 aromatic carbocycles. The molecular formula is C17H26N2O4S2. The van der Waals surface area contributed by atoms with Crippen LogP contribution in [-0.2, 0) is 19.9 Å². The van der Waals surface area contributed by atoms with Crippen molar-refractivity contribution < 1.29 is 16.8 Å². The van der Waals surface area contributed by atoms with E-state index in [0.717, 1.165) is 25.9 Å². The Hall–Kier alpha value is -0.960. The summed E-state index contributed by atoms with van der Waals surface area (Å²) in [6, 6.07) is 6.09. The summed E-state index contributed by atoms with van der Waals surface area (Å²) in [5.74, 6) is 0.00309. The van der Waals surface area contributed by atoms with Gasteiger partial charge in [-0.1, -0.05) is 6.92 Å². The summed E-state index contributed by atoms with van der Waals surface area (Å²) in [7, 11) is -6.87. The van der Waals surface area contributed by atoms with Crippen LogP contribution in [0, 0.1) is 0 Å². The highest BCUT2D eigenvalue weighted by Crippen LogP contribution is 2.26. The Morgan fingerprint density at radius 3 is 1.92 bits per heavy atom. The molecule has 0 atom stereocenters. The Bertz CT molecular complexity index is 790. The molecule has 0 unspecified atom stereocenters. The van der Waals surface area contributed by atoms with Gasteiger partial charge >= 0.3 is 0 Å². The highest BCUT2D eigenvalue weighted by Gasteiger charge is 2.32. The highest BCUT2D eigenvalue weighted by atomic mass is 32.2. The Labute approximate surface area is 150 Å². The first-order valence-corrected chi connectivity index (χ1v) is 12.0. The van der Waals surface area contributed by atoms with Gasteiger partial charge in [-0.25, -0.2) is 16.8 Å². The number of benzene rings is 1. The number of rotatable bonds is 5. The maximum Gasteiger partial charge on any atom is 0.243 e. The number of hydrogen-bond donors (Lipinski definition) is 0. The van der Waals surface area contributed by atoms with E-state index in [9.17, 15) is 16.8 Å². The normalized spacial score (nSPS) is 21.6. The van der Waals surface area contributed by atoms with E-state index in [1.165, 1.54) is 41.4 Å². The molecule has 0 bridgehead atoms. The molecule has 0 aliphatic carbocycles. The van der Waals surface area contributed by atoms with Crippen molar-refractivity contribution >= 4 is 19.9 Å². The van der Waals surface area contributed by atoms with E-state index >= 15 is 0 Å². The van der Waals surface area contributed by atoms with Crippen molar-refractivity contribution in [1.29, 1.82) is 0 Å². The van der Waals surface area contributed by atoms with Crippen molar-refractivity contribution in [3.05, 3.63) is 24.3 Å². The number of sulfone groups is 1. The van der Waals surface area contributed by atoms with Gasteiger partial charge in [0.2, 0.25) is 10.0 Å². The van der Waals surface area contributed by atoms with Gasteiger partial charge in [0.15, 0.2) is 9.84 Å². The minimum absolute atomic E-state index is 0.00309. The average Bonchev–Trinajstić information content (AvgIpc) is 3.16. The molecule has 8 heteroatoms. The first-order chi connectivity index (χ1) is 11.8. The summed E-state index contributed by atoms with van der Waals surface area (Å²) in [6.45, 7) is 4.89. The van der Waals surface area contributed by atoms with E-state index in [4.69, 9.17) is 0 Å². The van der Waals surface area contributed by atoms with Crippen LogP contribution < -0.4 is 0 Å². The number of nitrogens with zero attached hydrogens (tertiary/aromatic N) is 2. The Morgan fingerprint density at radius 1 is 0.880 bits per heavy atom. The van der Waals surface area contributed by atoms with Crippen LogP contribution in [-0.4, -0.2) is 64.0 Å². The minimum atomic E-state index is -3.56. The van der Waals surface area contributed by atoms with E-state index in [2.05, 4.69) is 4.90 Å². The zero-order chi connectivity index (χ0) is 18.1. The summed E-state index contributed by atoms with van der Waals surface area (Å²) in [5, 5.41) is 0. The van der Waals surface area contributed by atoms with Gasteiger partial charge in [-0.2, -0.15) is 4.31 Å². The number of hydrogen-bond acceptors (Lipinski definition) is 5. The molecule has 0 aromatic heterocycles. The van der Waals surface area contributed by atoms with E-state index in [1.54, 1.807) is 6.92 Å². The third-order valence-electron chi connectivity index (χ3n) is 5.28. The molecular weight excluding hydrogens is 360 g/mol.